The quantitative estimate of drug-likeness (QED) is 0.502. The van der Waals surface area contributed by atoms with Gasteiger partial charge >= 0.3 is 0 Å². The summed E-state index contributed by atoms with van der Waals surface area (Å²) in [6.07, 6.45) is 3.43. The zero-order valence-electron chi connectivity index (χ0n) is 13.2. The molecular weight excluding hydrogens is 380 g/mol. The molecule has 0 unspecified atom stereocenters. The number of amides is 1. The van der Waals surface area contributed by atoms with Crippen LogP contribution in [0, 0.1) is 0 Å². The van der Waals surface area contributed by atoms with Crippen LogP contribution in [-0.2, 0) is 0 Å². The molecule has 0 aliphatic rings. The Labute approximate surface area is 153 Å². The topological polar surface area (TPSA) is 70.1 Å². The minimum atomic E-state index is -0.356. The zero-order valence-corrected chi connectivity index (χ0v) is 14.8. The Morgan fingerprint density at radius 3 is 2.48 bits per heavy atom. The molecule has 0 atom stereocenters. The van der Waals surface area contributed by atoms with Gasteiger partial charge in [0.2, 0.25) is 0 Å². The van der Waals surface area contributed by atoms with Gasteiger partial charge in [-0.05, 0) is 33.6 Å². The van der Waals surface area contributed by atoms with Crippen molar-refractivity contribution in [3.05, 3.63) is 82.5 Å². The minimum Gasteiger partial charge on any atom is -0.272 e. The lowest BCUT2D eigenvalue weighted by Crippen LogP contribution is -2.17. The van der Waals surface area contributed by atoms with Crippen molar-refractivity contribution >= 4 is 34.1 Å². The van der Waals surface area contributed by atoms with E-state index in [4.69, 9.17) is 0 Å². The number of aromatic nitrogens is 2. The summed E-state index contributed by atoms with van der Waals surface area (Å²) in [6.45, 7) is 0. The van der Waals surface area contributed by atoms with Gasteiger partial charge in [0.15, 0.2) is 0 Å². The van der Waals surface area contributed by atoms with Crippen LogP contribution in [0.25, 0.3) is 17.3 Å². The molecule has 5 nitrogen and oxygen atoms in total. The molecule has 0 radical (unpaired) electrons. The fourth-order valence-electron chi connectivity index (χ4n) is 2.15. The molecule has 25 heavy (non-hydrogen) atoms. The van der Waals surface area contributed by atoms with Gasteiger partial charge in [-0.2, -0.15) is 10.2 Å². The summed E-state index contributed by atoms with van der Waals surface area (Å²) >= 11 is 3.40. The summed E-state index contributed by atoms with van der Waals surface area (Å²) in [5, 5.41) is 10.8. The minimum absolute atomic E-state index is 0.346. The number of carbonyl (C=O) groups is 1. The summed E-state index contributed by atoms with van der Waals surface area (Å²) in [4.78, 5) is 12.1. The van der Waals surface area contributed by atoms with E-state index >= 15 is 0 Å². The van der Waals surface area contributed by atoms with Gasteiger partial charge in [-0.15, -0.1) is 0 Å². The van der Waals surface area contributed by atoms with Gasteiger partial charge in [-0.3, -0.25) is 9.89 Å². The van der Waals surface area contributed by atoms with E-state index < -0.39 is 0 Å². The second-order valence-corrected chi connectivity index (χ2v) is 6.09. The highest BCUT2D eigenvalue weighted by atomic mass is 79.9. The van der Waals surface area contributed by atoms with E-state index in [0.29, 0.717) is 11.4 Å². The summed E-state index contributed by atoms with van der Waals surface area (Å²) in [5.41, 5.74) is 5.50. The predicted molar refractivity (Wildman–Crippen MR) is 103 cm³/mol. The van der Waals surface area contributed by atoms with Gasteiger partial charge < -0.3 is 0 Å². The predicted octanol–water partition coefficient (Wildman–Crippen LogP) is 4.23. The molecule has 1 aromatic heterocycles. The van der Waals surface area contributed by atoms with E-state index in [1.54, 1.807) is 6.07 Å². The highest BCUT2D eigenvalue weighted by Crippen LogP contribution is 2.16. The van der Waals surface area contributed by atoms with Gasteiger partial charge in [0.1, 0.15) is 5.69 Å². The first-order chi connectivity index (χ1) is 12.2. The molecule has 1 heterocycles. The van der Waals surface area contributed by atoms with Crippen LogP contribution in [0.1, 0.15) is 16.1 Å². The maximum absolute atomic E-state index is 12.1. The van der Waals surface area contributed by atoms with E-state index in [0.717, 1.165) is 15.6 Å². The number of hydrogen-bond donors (Lipinski definition) is 2. The lowest BCUT2D eigenvalue weighted by atomic mass is 10.1. The Morgan fingerprint density at radius 1 is 1.08 bits per heavy atom. The molecule has 0 saturated carbocycles. The number of nitrogens with one attached hydrogen (secondary N) is 2. The molecule has 0 saturated heterocycles. The first-order valence-electron chi connectivity index (χ1n) is 7.59. The number of rotatable bonds is 5. The van der Waals surface area contributed by atoms with E-state index in [2.05, 4.69) is 36.7 Å². The number of carbonyl (C=O) groups excluding carboxylic acids is 1. The first-order valence-corrected chi connectivity index (χ1v) is 8.38. The monoisotopic (exact) mass is 394 g/mol. The molecular formula is C19H15BrN4O. The molecule has 0 aliphatic carbocycles. The second-order valence-electron chi connectivity index (χ2n) is 5.17. The normalized spacial score (nSPS) is 11.6. The average Bonchev–Trinajstić information content (AvgIpc) is 3.13. The average molecular weight is 395 g/mol. The zero-order chi connectivity index (χ0) is 17.5. The highest BCUT2D eigenvalue weighted by Gasteiger charge is 2.09. The Hall–Kier alpha value is -2.99. The maximum atomic E-state index is 12.1. The van der Waals surface area contributed by atoms with Gasteiger partial charge in [-0.1, -0.05) is 60.7 Å². The van der Waals surface area contributed by atoms with Crippen LogP contribution in [0.4, 0.5) is 0 Å². The molecule has 2 N–H and O–H groups in total. The summed E-state index contributed by atoms with van der Waals surface area (Å²) in [7, 11) is 0. The molecule has 0 spiro atoms. The van der Waals surface area contributed by atoms with Crippen molar-refractivity contribution in [2.24, 2.45) is 5.10 Å². The van der Waals surface area contributed by atoms with Gasteiger partial charge in [0.25, 0.3) is 5.91 Å². The van der Waals surface area contributed by atoms with Crippen molar-refractivity contribution < 1.29 is 4.79 Å². The molecule has 3 aromatic rings. The SMILES string of the molecule is O=C(N/N=C\C(Br)=C\c1ccccc1)c1cc(-c2ccccc2)n[nH]1. The van der Waals surface area contributed by atoms with Crippen LogP contribution in [0.5, 0.6) is 0 Å². The van der Waals surface area contributed by atoms with E-state index in [-0.39, 0.29) is 5.91 Å². The van der Waals surface area contributed by atoms with Crippen LogP contribution < -0.4 is 5.43 Å². The number of halogens is 1. The highest BCUT2D eigenvalue weighted by molar-refractivity contribution is 9.12. The second kappa shape index (κ2) is 8.21. The van der Waals surface area contributed by atoms with Crippen molar-refractivity contribution in [3.63, 3.8) is 0 Å². The molecule has 124 valence electrons. The van der Waals surface area contributed by atoms with Gasteiger partial charge in [0, 0.05) is 10.0 Å². The number of nitrogens with zero attached hydrogens (tertiary/aromatic N) is 2. The fraction of sp³-hybridized carbons (Fsp3) is 0. The maximum Gasteiger partial charge on any atom is 0.289 e. The standard InChI is InChI=1S/C19H15BrN4O/c20-16(11-14-7-3-1-4-8-14)13-21-24-19(25)18-12-17(22-23-18)15-9-5-2-6-10-15/h1-13H,(H,22,23)(H,24,25)/b16-11-,21-13-. The lowest BCUT2D eigenvalue weighted by Gasteiger charge is -1.96. The number of hydrogen-bond acceptors (Lipinski definition) is 3. The van der Waals surface area contributed by atoms with E-state index in [1.165, 1.54) is 6.21 Å². The van der Waals surface area contributed by atoms with Crippen LogP contribution >= 0.6 is 15.9 Å². The molecule has 3 rings (SSSR count). The first kappa shape index (κ1) is 16.9. The smallest absolute Gasteiger partial charge is 0.272 e. The molecule has 0 aliphatic heterocycles. The van der Waals surface area contributed by atoms with Crippen molar-refractivity contribution in [2.75, 3.05) is 0 Å². The molecule has 0 bridgehead atoms. The number of aromatic amines is 1. The Kier molecular flexibility index (Phi) is 5.53. The molecule has 6 heteroatoms. The van der Waals surface area contributed by atoms with Crippen LogP contribution in [0.3, 0.4) is 0 Å². The van der Waals surface area contributed by atoms with Crippen molar-refractivity contribution in [1.29, 1.82) is 0 Å². The largest absolute Gasteiger partial charge is 0.289 e. The van der Waals surface area contributed by atoms with Crippen molar-refractivity contribution in [3.8, 4) is 11.3 Å². The number of hydrazone groups is 1. The van der Waals surface area contributed by atoms with E-state index in [9.17, 15) is 4.79 Å². The fourth-order valence-corrected chi connectivity index (χ4v) is 2.52. The molecule has 2 aromatic carbocycles. The lowest BCUT2D eigenvalue weighted by molar-refractivity contribution is 0.0950. The summed E-state index contributed by atoms with van der Waals surface area (Å²) in [5.74, 6) is -0.356. The van der Waals surface area contributed by atoms with Crippen LogP contribution in [0.15, 0.2) is 76.3 Å². The number of benzene rings is 2. The van der Waals surface area contributed by atoms with Gasteiger partial charge in [0.05, 0.1) is 11.9 Å². The van der Waals surface area contributed by atoms with Crippen LogP contribution in [-0.4, -0.2) is 22.3 Å². The molecule has 1 amide bonds. The Balaban J connectivity index is 1.61. The third-order valence-electron chi connectivity index (χ3n) is 3.35. The van der Waals surface area contributed by atoms with Crippen molar-refractivity contribution in [2.45, 2.75) is 0 Å². The third kappa shape index (κ3) is 4.74. The molecule has 0 fully saturated rings. The summed E-state index contributed by atoms with van der Waals surface area (Å²) in [6, 6.07) is 21.1. The third-order valence-corrected chi connectivity index (χ3v) is 3.78. The van der Waals surface area contributed by atoms with E-state index in [1.807, 2.05) is 66.7 Å². The Bertz CT molecular complexity index is 901. The van der Waals surface area contributed by atoms with Crippen molar-refractivity contribution in [1.82, 2.24) is 15.6 Å². The number of H-pyrrole nitrogens is 1. The number of allylic oxidation sites excluding steroid dienone is 1. The summed E-state index contributed by atoms with van der Waals surface area (Å²) < 4.78 is 0.744. The van der Waals surface area contributed by atoms with Crippen LogP contribution in [0.2, 0.25) is 0 Å². The Morgan fingerprint density at radius 2 is 1.76 bits per heavy atom. The van der Waals surface area contributed by atoms with Gasteiger partial charge in [-0.25, -0.2) is 5.43 Å².